The summed E-state index contributed by atoms with van der Waals surface area (Å²) >= 11 is 0. The number of nitrogens with zero attached hydrogens (tertiary/aromatic N) is 3. The molecule has 2 atom stereocenters. The Balaban J connectivity index is 2.42. The molecule has 118 valence electrons. The lowest BCUT2D eigenvalue weighted by molar-refractivity contribution is -0.0106. The van der Waals surface area contributed by atoms with Crippen LogP contribution in [0.15, 0.2) is 0 Å². The van der Waals surface area contributed by atoms with Gasteiger partial charge in [-0.05, 0) is 25.3 Å². The molecule has 2 unspecified atom stereocenters. The first-order chi connectivity index (χ1) is 10.2. The maximum atomic E-state index is 9.34. The zero-order chi connectivity index (χ0) is 15.4. The van der Waals surface area contributed by atoms with Crippen LogP contribution in [0.25, 0.3) is 0 Å². The highest BCUT2D eigenvalue weighted by atomic mass is 16.5. The van der Waals surface area contributed by atoms with E-state index >= 15 is 0 Å². The molecule has 0 aromatic carbocycles. The Morgan fingerprint density at radius 1 is 1.29 bits per heavy atom. The zero-order valence-electron chi connectivity index (χ0n) is 13.2. The van der Waals surface area contributed by atoms with Crippen molar-refractivity contribution >= 4 is 5.82 Å². The van der Waals surface area contributed by atoms with Crippen LogP contribution in [0.2, 0.25) is 0 Å². The van der Waals surface area contributed by atoms with E-state index in [1.165, 1.54) is 5.56 Å². The van der Waals surface area contributed by atoms with Crippen LogP contribution in [-0.4, -0.2) is 47.2 Å². The summed E-state index contributed by atoms with van der Waals surface area (Å²) in [5.74, 6) is 0.848. The largest absolute Gasteiger partial charge is 0.394 e. The Morgan fingerprint density at radius 3 is 2.62 bits per heavy atom. The molecule has 1 aliphatic rings. The molecular weight excluding hydrogens is 268 g/mol. The third kappa shape index (κ3) is 3.17. The van der Waals surface area contributed by atoms with Gasteiger partial charge in [-0.25, -0.2) is 0 Å². The van der Waals surface area contributed by atoms with Gasteiger partial charge in [-0.2, -0.15) is 5.10 Å². The van der Waals surface area contributed by atoms with Gasteiger partial charge in [0.1, 0.15) is 0 Å². The number of aryl methyl sites for hydroxylation is 1. The molecule has 21 heavy (non-hydrogen) atoms. The Labute approximate surface area is 126 Å². The molecule has 0 amide bonds. The summed E-state index contributed by atoms with van der Waals surface area (Å²) in [4.78, 5) is 2.16. The van der Waals surface area contributed by atoms with Crippen LogP contribution < -0.4 is 10.6 Å². The number of aliphatic hydroxyl groups is 1. The first-order valence-corrected chi connectivity index (χ1v) is 7.72. The maximum absolute atomic E-state index is 9.34. The van der Waals surface area contributed by atoms with Gasteiger partial charge in [0, 0.05) is 18.7 Å². The molecule has 0 saturated carbocycles. The Bertz CT molecular complexity index is 481. The molecule has 6 nitrogen and oxygen atoms in total. The standard InChI is InChI=1S/C15H26N4O2/c1-4-12-13(6-16)15(18-17-14(12)5-2)19-7-11(8-20)21-9-10(19)3/h10-11,20H,4-9,16H2,1-3H3. The van der Waals surface area contributed by atoms with Crippen LogP contribution >= 0.6 is 0 Å². The van der Waals surface area contributed by atoms with Crippen molar-refractivity contribution < 1.29 is 9.84 Å². The highest BCUT2D eigenvalue weighted by Crippen LogP contribution is 2.27. The summed E-state index contributed by atoms with van der Waals surface area (Å²) in [5, 5.41) is 18.2. The average molecular weight is 294 g/mol. The Hall–Kier alpha value is -1.24. The Morgan fingerprint density at radius 2 is 2.05 bits per heavy atom. The molecule has 2 heterocycles. The van der Waals surface area contributed by atoms with Crippen LogP contribution in [0.1, 0.15) is 37.6 Å². The average Bonchev–Trinajstić information content (AvgIpc) is 2.53. The molecule has 1 aromatic heterocycles. The highest BCUT2D eigenvalue weighted by molar-refractivity contribution is 5.52. The molecular formula is C15H26N4O2. The second-order valence-corrected chi connectivity index (χ2v) is 5.48. The molecule has 0 bridgehead atoms. The molecule has 3 N–H and O–H groups in total. The lowest BCUT2D eigenvalue weighted by Crippen LogP contribution is -2.50. The van der Waals surface area contributed by atoms with Crippen LogP contribution in [0, 0.1) is 0 Å². The van der Waals surface area contributed by atoms with Gasteiger partial charge in [0.2, 0.25) is 0 Å². The summed E-state index contributed by atoms with van der Waals surface area (Å²) in [6.07, 6.45) is 1.59. The van der Waals surface area contributed by atoms with Crippen LogP contribution in [-0.2, 0) is 24.1 Å². The summed E-state index contributed by atoms with van der Waals surface area (Å²) in [5.41, 5.74) is 9.31. The molecule has 6 heteroatoms. The zero-order valence-corrected chi connectivity index (χ0v) is 13.2. The fraction of sp³-hybridized carbons (Fsp3) is 0.733. The van der Waals surface area contributed by atoms with E-state index in [1.54, 1.807) is 0 Å². The van der Waals surface area contributed by atoms with Gasteiger partial charge < -0.3 is 20.5 Å². The minimum atomic E-state index is -0.176. The topological polar surface area (TPSA) is 84.5 Å². The number of ether oxygens (including phenoxy) is 1. The quantitative estimate of drug-likeness (QED) is 0.829. The monoisotopic (exact) mass is 294 g/mol. The van der Waals surface area contributed by atoms with Crippen molar-refractivity contribution in [1.29, 1.82) is 0 Å². The van der Waals surface area contributed by atoms with Crippen molar-refractivity contribution in [3.8, 4) is 0 Å². The third-order valence-corrected chi connectivity index (χ3v) is 4.12. The number of anilines is 1. The van der Waals surface area contributed by atoms with Gasteiger partial charge in [-0.3, -0.25) is 0 Å². The second kappa shape index (κ2) is 7.15. The van der Waals surface area contributed by atoms with E-state index in [-0.39, 0.29) is 18.8 Å². The van der Waals surface area contributed by atoms with Crippen molar-refractivity contribution in [2.24, 2.45) is 5.73 Å². The predicted molar refractivity (Wildman–Crippen MR) is 82.3 cm³/mol. The van der Waals surface area contributed by atoms with E-state index in [2.05, 4.69) is 35.9 Å². The minimum Gasteiger partial charge on any atom is -0.394 e. The SMILES string of the molecule is CCc1nnc(N2CC(CO)OCC2C)c(CN)c1CC. The lowest BCUT2D eigenvalue weighted by atomic mass is 10.0. The summed E-state index contributed by atoms with van der Waals surface area (Å²) < 4.78 is 5.59. The van der Waals surface area contributed by atoms with Crippen molar-refractivity contribution in [2.75, 3.05) is 24.7 Å². The van der Waals surface area contributed by atoms with Crippen LogP contribution in [0.4, 0.5) is 5.82 Å². The second-order valence-electron chi connectivity index (χ2n) is 5.48. The van der Waals surface area contributed by atoms with Gasteiger partial charge in [0.25, 0.3) is 0 Å². The molecule has 1 aliphatic heterocycles. The van der Waals surface area contributed by atoms with Crippen molar-refractivity contribution in [3.63, 3.8) is 0 Å². The van der Waals surface area contributed by atoms with E-state index in [4.69, 9.17) is 10.5 Å². The van der Waals surface area contributed by atoms with Gasteiger partial charge >= 0.3 is 0 Å². The number of hydrogen-bond acceptors (Lipinski definition) is 6. The lowest BCUT2D eigenvalue weighted by Gasteiger charge is -2.39. The molecule has 0 radical (unpaired) electrons. The van der Waals surface area contributed by atoms with E-state index < -0.39 is 0 Å². The number of aliphatic hydroxyl groups excluding tert-OH is 1. The number of hydrogen-bond donors (Lipinski definition) is 2. The van der Waals surface area contributed by atoms with Gasteiger partial charge in [0.05, 0.1) is 31.1 Å². The summed E-state index contributed by atoms with van der Waals surface area (Å²) in [6.45, 7) is 7.97. The minimum absolute atomic E-state index is 0.0162. The first kappa shape index (κ1) is 16.1. The number of aromatic nitrogens is 2. The predicted octanol–water partition coefficient (Wildman–Crippen LogP) is 0.646. The smallest absolute Gasteiger partial charge is 0.156 e. The normalized spacial score (nSPS) is 22.6. The molecule has 1 fully saturated rings. The third-order valence-electron chi connectivity index (χ3n) is 4.12. The fourth-order valence-corrected chi connectivity index (χ4v) is 2.91. The van der Waals surface area contributed by atoms with E-state index in [0.29, 0.717) is 19.7 Å². The molecule has 1 aromatic rings. The highest BCUT2D eigenvalue weighted by Gasteiger charge is 2.29. The van der Waals surface area contributed by atoms with E-state index in [9.17, 15) is 5.11 Å². The van der Waals surface area contributed by atoms with Crippen molar-refractivity contribution in [3.05, 3.63) is 16.8 Å². The van der Waals surface area contributed by atoms with Gasteiger partial charge in [0.15, 0.2) is 5.82 Å². The number of rotatable bonds is 5. The molecule has 1 saturated heterocycles. The van der Waals surface area contributed by atoms with Crippen molar-refractivity contribution in [2.45, 2.75) is 52.3 Å². The van der Waals surface area contributed by atoms with Crippen molar-refractivity contribution in [1.82, 2.24) is 10.2 Å². The number of nitrogens with two attached hydrogens (primary N) is 1. The Kier molecular flexibility index (Phi) is 5.50. The molecule has 2 rings (SSSR count). The fourth-order valence-electron chi connectivity index (χ4n) is 2.91. The first-order valence-electron chi connectivity index (χ1n) is 7.72. The van der Waals surface area contributed by atoms with E-state index in [0.717, 1.165) is 29.9 Å². The number of morpholine rings is 1. The summed E-state index contributed by atoms with van der Waals surface area (Å²) in [7, 11) is 0. The van der Waals surface area contributed by atoms with Gasteiger partial charge in [-0.1, -0.05) is 13.8 Å². The van der Waals surface area contributed by atoms with Gasteiger partial charge in [-0.15, -0.1) is 5.10 Å². The molecule has 0 spiro atoms. The molecule has 0 aliphatic carbocycles. The van der Waals surface area contributed by atoms with Crippen LogP contribution in [0.5, 0.6) is 0 Å². The summed E-state index contributed by atoms with van der Waals surface area (Å²) in [6, 6.07) is 0.199. The van der Waals surface area contributed by atoms with E-state index in [1.807, 2.05) is 0 Å². The van der Waals surface area contributed by atoms with Crippen LogP contribution in [0.3, 0.4) is 0 Å². The maximum Gasteiger partial charge on any atom is 0.156 e.